The van der Waals surface area contributed by atoms with Gasteiger partial charge in [0, 0.05) is 41.0 Å². The number of fused-ring (bicyclic) bond motifs is 1. The molecule has 3 atom stereocenters. The van der Waals surface area contributed by atoms with Gasteiger partial charge in [0.25, 0.3) is 0 Å². The lowest BCUT2D eigenvalue weighted by Crippen LogP contribution is -2.48. The average molecular weight is 633 g/mol. The lowest BCUT2D eigenvalue weighted by molar-refractivity contribution is -0.141. The van der Waals surface area contributed by atoms with Crippen LogP contribution in [0.4, 0.5) is 10.1 Å². The van der Waals surface area contributed by atoms with Crippen LogP contribution in [0.3, 0.4) is 0 Å². The average Bonchev–Trinajstić information content (AvgIpc) is 3.79. The van der Waals surface area contributed by atoms with E-state index in [4.69, 9.17) is 19.3 Å². The highest BCUT2D eigenvalue weighted by molar-refractivity contribution is 6.01. The molecule has 0 bridgehead atoms. The largest absolute Gasteiger partial charge is 0.519 e. The molecule has 0 radical (unpaired) electrons. The first-order valence-corrected chi connectivity index (χ1v) is 15.6. The number of nitrogens with two attached hydrogens (primary N) is 1. The molecule has 3 heterocycles. The van der Waals surface area contributed by atoms with Crippen molar-refractivity contribution in [2.24, 2.45) is 17.6 Å². The minimum atomic E-state index is -0.869. The first kappa shape index (κ1) is 31.3. The zero-order valence-corrected chi connectivity index (χ0v) is 25.5. The molecule has 2 fully saturated rings. The van der Waals surface area contributed by atoms with Gasteiger partial charge < -0.3 is 34.5 Å². The standard InChI is InChI=1S/C34H37FN4O7/c1-19-29(46-34(43)45-19)18-44-33(42)28-16-23-15-24(11-12-27(23)38-28)37-31(40)30-25(20-5-3-2-4-6-20)13-14-39(30)32(41)22-9-7-21(8-10-22)26(36)17-35/h2-6,11-12,15-16,21-22,25-26,30,38H,7-10,13-14,17-18,36H2,1H3,(H,37,40)/t21?,22?,25-,26-,30+/m1/s1. The maximum atomic E-state index is 14.0. The van der Waals surface area contributed by atoms with E-state index in [2.05, 4.69) is 10.3 Å². The molecule has 2 aromatic carbocycles. The first-order valence-electron chi connectivity index (χ1n) is 15.6. The number of aryl methyl sites for hydroxylation is 1. The number of hydrogen-bond donors (Lipinski definition) is 3. The fraction of sp³-hybridized carbons (Fsp3) is 0.412. The Hall–Kier alpha value is -4.71. The van der Waals surface area contributed by atoms with Crippen LogP contribution in [0.15, 0.2) is 68.2 Å². The van der Waals surface area contributed by atoms with Crippen molar-refractivity contribution in [1.29, 1.82) is 0 Å². The number of halogens is 1. The van der Waals surface area contributed by atoms with Gasteiger partial charge in [0.2, 0.25) is 11.8 Å². The summed E-state index contributed by atoms with van der Waals surface area (Å²) in [5, 5.41) is 3.68. The second kappa shape index (κ2) is 13.3. The summed E-state index contributed by atoms with van der Waals surface area (Å²) in [5.74, 6) is -1.84. The monoisotopic (exact) mass is 632 g/mol. The van der Waals surface area contributed by atoms with Crippen molar-refractivity contribution < 1.29 is 32.3 Å². The Labute approximate surface area is 264 Å². The van der Waals surface area contributed by atoms with Crippen molar-refractivity contribution in [2.45, 2.75) is 63.6 Å². The molecule has 11 nitrogen and oxygen atoms in total. The summed E-state index contributed by atoms with van der Waals surface area (Å²) in [6.45, 7) is 1.17. The zero-order valence-electron chi connectivity index (χ0n) is 25.5. The number of amides is 2. The maximum absolute atomic E-state index is 14.0. The highest BCUT2D eigenvalue weighted by atomic mass is 19.1. The first-order chi connectivity index (χ1) is 22.2. The number of anilines is 1. The number of carbonyl (C=O) groups excluding carboxylic acids is 3. The van der Waals surface area contributed by atoms with Crippen LogP contribution in [0.2, 0.25) is 0 Å². The van der Waals surface area contributed by atoms with E-state index in [0.717, 1.165) is 5.56 Å². The Morgan fingerprint density at radius 1 is 1.07 bits per heavy atom. The number of aromatic amines is 1. The molecular formula is C34H37FN4O7. The Morgan fingerprint density at radius 3 is 2.52 bits per heavy atom. The van der Waals surface area contributed by atoms with Crippen molar-refractivity contribution in [3.05, 3.63) is 88.0 Å². The number of aromatic nitrogens is 1. The van der Waals surface area contributed by atoms with Crippen LogP contribution >= 0.6 is 0 Å². The minimum Gasteiger partial charge on any atom is -0.453 e. The number of rotatable bonds is 9. The molecule has 4 N–H and O–H groups in total. The van der Waals surface area contributed by atoms with E-state index in [1.807, 2.05) is 30.3 Å². The van der Waals surface area contributed by atoms with Gasteiger partial charge in [-0.3, -0.25) is 9.59 Å². The molecule has 6 rings (SSSR count). The van der Waals surface area contributed by atoms with Crippen molar-refractivity contribution >= 4 is 34.4 Å². The van der Waals surface area contributed by atoms with E-state index in [-0.39, 0.29) is 53.4 Å². The molecule has 12 heteroatoms. The molecule has 2 aromatic heterocycles. The van der Waals surface area contributed by atoms with Gasteiger partial charge in [-0.05, 0) is 74.8 Å². The van der Waals surface area contributed by atoms with Crippen LogP contribution in [0.5, 0.6) is 0 Å². The van der Waals surface area contributed by atoms with Crippen molar-refractivity contribution in [2.75, 3.05) is 18.5 Å². The fourth-order valence-corrected chi connectivity index (χ4v) is 6.82. The summed E-state index contributed by atoms with van der Waals surface area (Å²) in [6.07, 6.45) is 3.30. The van der Waals surface area contributed by atoms with Crippen molar-refractivity contribution in [3.8, 4) is 0 Å². The predicted octanol–water partition coefficient (Wildman–Crippen LogP) is 4.81. The number of nitrogens with one attached hydrogen (secondary N) is 2. The Kier molecular flexibility index (Phi) is 9.07. The van der Waals surface area contributed by atoms with Crippen molar-refractivity contribution in [1.82, 2.24) is 9.88 Å². The summed E-state index contributed by atoms with van der Waals surface area (Å²) in [7, 11) is 0. The quantitative estimate of drug-likeness (QED) is 0.222. The summed E-state index contributed by atoms with van der Waals surface area (Å²) in [6, 6.07) is 15.4. The van der Waals surface area contributed by atoms with Crippen LogP contribution in [0.1, 0.15) is 65.6 Å². The molecule has 46 heavy (non-hydrogen) atoms. The molecule has 1 aliphatic heterocycles. The van der Waals surface area contributed by atoms with Gasteiger partial charge in [-0.2, -0.15) is 0 Å². The molecule has 4 aromatic rings. The van der Waals surface area contributed by atoms with E-state index >= 15 is 0 Å². The number of carbonyl (C=O) groups is 3. The SMILES string of the molecule is Cc1oc(=O)oc1COC(=O)c1cc2cc(NC(=O)[C@@H]3[C@@H](c4ccccc4)CCN3C(=O)C3CCC([C@H](N)CF)CC3)ccc2[nH]1. The fourth-order valence-electron chi connectivity index (χ4n) is 6.82. The van der Waals surface area contributed by atoms with E-state index in [9.17, 15) is 23.6 Å². The molecule has 0 spiro atoms. The highest BCUT2D eigenvalue weighted by Crippen LogP contribution is 2.38. The number of benzene rings is 2. The van der Waals surface area contributed by atoms with E-state index in [1.165, 1.54) is 6.92 Å². The Bertz CT molecular complexity index is 1770. The molecule has 2 aliphatic rings. The van der Waals surface area contributed by atoms with E-state index in [0.29, 0.717) is 55.2 Å². The maximum Gasteiger partial charge on any atom is 0.519 e. The van der Waals surface area contributed by atoms with Crippen LogP contribution in [0, 0.1) is 18.8 Å². The summed E-state index contributed by atoms with van der Waals surface area (Å²) in [5.41, 5.74) is 8.27. The molecule has 1 saturated heterocycles. The predicted molar refractivity (Wildman–Crippen MR) is 167 cm³/mol. The number of alkyl halides is 1. The number of hydrogen-bond acceptors (Lipinski definition) is 8. The molecule has 2 amide bonds. The van der Waals surface area contributed by atoms with Crippen LogP contribution in [0.25, 0.3) is 10.9 Å². The van der Waals surface area contributed by atoms with Crippen molar-refractivity contribution in [3.63, 3.8) is 0 Å². The zero-order chi connectivity index (χ0) is 32.4. The second-order valence-electron chi connectivity index (χ2n) is 12.2. The highest BCUT2D eigenvalue weighted by Gasteiger charge is 2.44. The van der Waals surface area contributed by atoms with Gasteiger partial charge in [0.1, 0.15) is 18.4 Å². The number of likely N-dealkylation sites (tertiary alicyclic amines) is 1. The van der Waals surface area contributed by atoms with Crippen LogP contribution in [-0.2, 0) is 20.9 Å². The number of nitrogens with zero attached hydrogens (tertiary/aromatic N) is 1. The van der Waals surface area contributed by atoms with Gasteiger partial charge >= 0.3 is 11.8 Å². The summed E-state index contributed by atoms with van der Waals surface area (Å²) >= 11 is 0. The number of ether oxygens (including phenoxy) is 1. The number of esters is 1. The van der Waals surface area contributed by atoms with Gasteiger partial charge in [-0.25, -0.2) is 14.0 Å². The van der Waals surface area contributed by atoms with Gasteiger partial charge in [-0.15, -0.1) is 0 Å². The topological polar surface area (TPSA) is 161 Å². The summed E-state index contributed by atoms with van der Waals surface area (Å²) < 4.78 is 28.1. The smallest absolute Gasteiger partial charge is 0.453 e. The summed E-state index contributed by atoms with van der Waals surface area (Å²) in [4.78, 5) is 56.5. The third-order valence-electron chi connectivity index (χ3n) is 9.36. The number of H-pyrrole nitrogens is 1. The molecule has 1 saturated carbocycles. The molecule has 0 unspecified atom stereocenters. The lowest BCUT2D eigenvalue weighted by atomic mass is 9.78. The Balaban J connectivity index is 1.17. The van der Waals surface area contributed by atoms with Crippen LogP contribution < -0.4 is 16.9 Å². The molecule has 242 valence electrons. The third-order valence-corrected chi connectivity index (χ3v) is 9.36. The van der Waals surface area contributed by atoms with E-state index in [1.54, 1.807) is 29.2 Å². The molecule has 1 aliphatic carbocycles. The van der Waals surface area contributed by atoms with Crippen LogP contribution in [-0.4, -0.2) is 53.0 Å². The van der Waals surface area contributed by atoms with Gasteiger partial charge in [-0.1, -0.05) is 30.3 Å². The second-order valence-corrected chi connectivity index (χ2v) is 12.2. The van der Waals surface area contributed by atoms with Gasteiger partial charge in [0.05, 0.1) is 0 Å². The normalized spacial score (nSPS) is 22.1. The minimum absolute atomic E-state index is 0.0417. The Morgan fingerprint density at radius 2 is 1.83 bits per heavy atom. The third kappa shape index (κ3) is 6.48. The lowest BCUT2D eigenvalue weighted by Gasteiger charge is -2.35. The van der Waals surface area contributed by atoms with E-state index < -0.39 is 30.5 Å². The van der Waals surface area contributed by atoms with Gasteiger partial charge in [0.15, 0.2) is 18.1 Å². The molecular weight excluding hydrogens is 595 g/mol.